The highest BCUT2D eigenvalue weighted by Crippen LogP contribution is 2.49. The Kier molecular flexibility index (Phi) is 6.03. The molecule has 1 saturated heterocycles. The molecule has 1 aromatic rings. The van der Waals surface area contributed by atoms with Crippen LogP contribution in [0.2, 0.25) is 0 Å². The molecule has 1 heterocycles. The zero-order chi connectivity index (χ0) is 23.1. The van der Waals surface area contributed by atoms with E-state index < -0.39 is 11.4 Å². The maximum Gasteiger partial charge on any atom is 0.320 e. The number of carboxylic acid groups (broad SMARTS) is 1. The SMILES string of the molecule is CN(C)C1(c2ccccc2)CCC2(CC1)CN(CC(C)(C)C(=O)O)C(=O)N2CC1CCC1. The number of rotatable bonds is 7. The monoisotopic (exact) mass is 441 g/mol. The van der Waals surface area contributed by atoms with Crippen molar-refractivity contribution in [3.63, 3.8) is 0 Å². The second-order valence-corrected chi connectivity index (χ2v) is 11.3. The normalized spacial score (nSPS) is 29.1. The molecule has 0 atom stereocenters. The molecule has 2 amide bonds. The van der Waals surface area contributed by atoms with Crippen molar-refractivity contribution in [1.82, 2.24) is 14.7 Å². The molecule has 1 N–H and O–H groups in total. The smallest absolute Gasteiger partial charge is 0.320 e. The lowest BCUT2D eigenvalue weighted by Gasteiger charge is -2.51. The highest BCUT2D eigenvalue weighted by Gasteiger charge is 2.55. The summed E-state index contributed by atoms with van der Waals surface area (Å²) in [6.07, 6.45) is 7.54. The van der Waals surface area contributed by atoms with Gasteiger partial charge in [-0.15, -0.1) is 0 Å². The topological polar surface area (TPSA) is 64.1 Å². The summed E-state index contributed by atoms with van der Waals surface area (Å²) in [7, 11) is 4.33. The molecule has 0 bridgehead atoms. The van der Waals surface area contributed by atoms with Crippen molar-refractivity contribution in [3.05, 3.63) is 35.9 Å². The van der Waals surface area contributed by atoms with Crippen LogP contribution in [-0.2, 0) is 10.3 Å². The summed E-state index contributed by atoms with van der Waals surface area (Å²) >= 11 is 0. The Morgan fingerprint density at radius 2 is 1.75 bits per heavy atom. The number of aliphatic carboxylic acids is 1. The number of benzene rings is 1. The average molecular weight is 442 g/mol. The van der Waals surface area contributed by atoms with Crippen molar-refractivity contribution < 1.29 is 14.7 Å². The third-order valence-electron chi connectivity index (χ3n) is 8.56. The second kappa shape index (κ2) is 8.36. The van der Waals surface area contributed by atoms with E-state index in [4.69, 9.17) is 0 Å². The zero-order valence-corrected chi connectivity index (χ0v) is 20.1. The van der Waals surface area contributed by atoms with Gasteiger partial charge in [-0.2, -0.15) is 0 Å². The summed E-state index contributed by atoms with van der Waals surface area (Å²) in [6.45, 7) is 5.17. The average Bonchev–Trinajstić information content (AvgIpc) is 2.96. The summed E-state index contributed by atoms with van der Waals surface area (Å²) in [5.74, 6) is -0.256. The van der Waals surface area contributed by atoms with E-state index in [-0.39, 0.29) is 23.7 Å². The van der Waals surface area contributed by atoms with Gasteiger partial charge >= 0.3 is 12.0 Å². The van der Waals surface area contributed by atoms with E-state index in [2.05, 4.69) is 54.2 Å². The van der Waals surface area contributed by atoms with Crippen LogP contribution < -0.4 is 0 Å². The molecule has 32 heavy (non-hydrogen) atoms. The number of urea groups is 1. The number of carbonyl (C=O) groups excluding carboxylic acids is 1. The molecule has 0 radical (unpaired) electrons. The predicted octanol–water partition coefficient (Wildman–Crippen LogP) is 4.40. The van der Waals surface area contributed by atoms with Crippen LogP contribution >= 0.6 is 0 Å². The lowest BCUT2D eigenvalue weighted by molar-refractivity contribution is -0.147. The molecule has 3 aliphatic rings. The van der Waals surface area contributed by atoms with Crippen molar-refractivity contribution in [3.8, 4) is 0 Å². The van der Waals surface area contributed by atoms with Gasteiger partial charge in [-0.3, -0.25) is 9.69 Å². The minimum atomic E-state index is -0.949. The Morgan fingerprint density at radius 1 is 1.12 bits per heavy atom. The van der Waals surface area contributed by atoms with Crippen LogP contribution in [0.1, 0.15) is 64.4 Å². The van der Waals surface area contributed by atoms with Crippen LogP contribution in [0.4, 0.5) is 4.79 Å². The first-order valence-electron chi connectivity index (χ1n) is 12.1. The van der Waals surface area contributed by atoms with Crippen LogP contribution in [0.25, 0.3) is 0 Å². The predicted molar refractivity (Wildman–Crippen MR) is 125 cm³/mol. The fraction of sp³-hybridized carbons (Fsp3) is 0.692. The van der Waals surface area contributed by atoms with E-state index in [9.17, 15) is 14.7 Å². The number of hydrogen-bond donors (Lipinski definition) is 1. The molecule has 1 aliphatic heterocycles. The van der Waals surface area contributed by atoms with Crippen LogP contribution in [0.3, 0.4) is 0 Å². The van der Waals surface area contributed by atoms with Crippen LogP contribution in [0.5, 0.6) is 0 Å². The van der Waals surface area contributed by atoms with Crippen molar-refractivity contribution in [2.24, 2.45) is 11.3 Å². The Labute approximate surface area is 192 Å². The number of carboxylic acids is 1. The minimum Gasteiger partial charge on any atom is -0.481 e. The fourth-order valence-electron chi connectivity index (χ4n) is 6.05. The summed E-state index contributed by atoms with van der Waals surface area (Å²) in [4.78, 5) is 31.7. The third kappa shape index (κ3) is 3.91. The number of amides is 2. The number of carbonyl (C=O) groups is 2. The maximum atomic E-state index is 13.6. The van der Waals surface area contributed by atoms with Crippen LogP contribution in [-0.4, -0.2) is 71.1 Å². The van der Waals surface area contributed by atoms with E-state index in [0.29, 0.717) is 12.5 Å². The first-order chi connectivity index (χ1) is 15.1. The Bertz CT molecular complexity index is 839. The minimum absolute atomic E-state index is 0.0224. The summed E-state index contributed by atoms with van der Waals surface area (Å²) in [5.41, 5.74) is 0.190. The van der Waals surface area contributed by atoms with Crippen LogP contribution in [0, 0.1) is 11.3 Å². The van der Waals surface area contributed by atoms with Gasteiger partial charge in [-0.1, -0.05) is 36.8 Å². The number of nitrogens with zero attached hydrogens (tertiary/aromatic N) is 3. The second-order valence-electron chi connectivity index (χ2n) is 11.3. The van der Waals surface area contributed by atoms with Gasteiger partial charge in [0.25, 0.3) is 0 Å². The molecule has 2 saturated carbocycles. The molecule has 0 unspecified atom stereocenters. The Morgan fingerprint density at radius 3 is 2.25 bits per heavy atom. The number of hydrogen-bond acceptors (Lipinski definition) is 3. The van der Waals surface area contributed by atoms with Crippen LogP contribution in [0.15, 0.2) is 30.3 Å². The van der Waals surface area contributed by atoms with Crippen molar-refractivity contribution >= 4 is 12.0 Å². The molecule has 0 aromatic heterocycles. The molecule has 4 rings (SSSR count). The largest absolute Gasteiger partial charge is 0.481 e. The van der Waals surface area contributed by atoms with E-state index in [1.165, 1.54) is 24.8 Å². The third-order valence-corrected chi connectivity index (χ3v) is 8.56. The summed E-state index contributed by atoms with van der Waals surface area (Å²) in [6, 6.07) is 10.8. The van der Waals surface area contributed by atoms with Gasteiger partial charge < -0.3 is 14.9 Å². The Hall–Kier alpha value is -2.08. The molecule has 3 fully saturated rings. The van der Waals surface area contributed by atoms with Gasteiger partial charge in [-0.05, 0) is 77.9 Å². The quantitative estimate of drug-likeness (QED) is 0.681. The summed E-state index contributed by atoms with van der Waals surface area (Å²) < 4.78 is 0. The fourth-order valence-corrected chi connectivity index (χ4v) is 6.05. The molecular weight excluding hydrogens is 402 g/mol. The summed E-state index contributed by atoms with van der Waals surface area (Å²) in [5, 5.41) is 9.65. The Balaban J connectivity index is 1.59. The first-order valence-corrected chi connectivity index (χ1v) is 12.1. The first kappa shape index (κ1) is 23.1. The molecular formula is C26H39N3O3. The molecule has 176 valence electrons. The van der Waals surface area contributed by atoms with E-state index >= 15 is 0 Å². The van der Waals surface area contributed by atoms with Crippen molar-refractivity contribution in [2.75, 3.05) is 33.7 Å². The maximum absolute atomic E-state index is 13.6. The highest BCUT2D eigenvalue weighted by atomic mass is 16.4. The lowest BCUT2D eigenvalue weighted by Crippen LogP contribution is -2.56. The van der Waals surface area contributed by atoms with Gasteiger partial charge in [0.15, 0.2) is 0 Å². The van der Waals surface area contributed by atoms with Gasteiger partial charge in [0.2, 0.25) is 0 Å². The van der Waals surface area contributed by atoms with Gasteiger partial charge in [0, 0.05) is 25.2 Å². The molecule has 2 aliphatic carbocycles. The molecule has 6 heteroatoms. The van der Waals surface area contributed by atoms with E-state index in [0.717, 1.165) is 32.2 Å². The van der Waals surface area contributed by atoms with Crippen molar-refractivity contribution in [2.45, 2.75) is 69.9 Å². The van der Waals surface area contributed by atoms with Gasteiger partial charge in [-0.25, -0.2) is 4.79 Å². The standard InChI is InChI=1S/C26H39N3O3/c1-24(2,22(30)31)18-28-19-25(29(23(28)32)17-20-9-8-10-20)13-15-26(16-14-25,27(3)4)21-11-6-5-7-12-21/h5-7,11-12,20H,8-10,13-19H2,1-4H3,(H,30,31). The van der Waals surface area contributed by atoms with Crippen molar-refractivity contribution in [1.29, 1.82) is 0 Å². The van der Waals surface area contributed by atoms with Gasteiger partial charge in [0.05, 0.1) is 11.0 Å². The van der Waals surface area contributed by atoms with E-state index in [1.54, 1.807) is 13.8 Å². The molecule has 1 spiro atoms. The van der Waals surface area contributed by atoms with E-state index in [1.807, 2.05) is 4.90 Å². The molecule has 6 nitrogen and oxygen atoms in total. The molecule has 1 aromatic carbocycles. The zero-order valence-electron chi connectivity index (χ0n) is 20.1. The lowest BCUT2D eigenvalue weighted by atomic mass is 9.68. The highest BCUT2D eigenvalue weighted by molar-refractivity contribution is 5.80. The van der Waals surface area contributed by atoms with Gasteiger partial charge in [0.1, 0.15) is 0 Å².